The van der Waals surface area contributed by atoms with Crippen LogP contribution in [0.5, 0.6) is 5.75 Å². The molecule has 0 spiro atoms. The molecule has 0 saturated heterocycles. The van der Waals surface area contributed by atoms with E-state index in [-0.39, 0.29) is 30.3 Å². The summed E-state index contributed by atoms with van der Waals surface area (Å²) in [6.07, 6.45) is 2.10. The first kappa shape index (κ1) is 22.9. The van der Waals surface area contributed by atoms with Gasteiger partial charge in [-0.2, -0.15) is 0 Å². The molecular weight excluding hydrogens is 462 g/mol. The van der Waals surface area contributed by atoms with Gasteiger partial charge in [-0.3, -0.25) is 19.0 Å². The van der Waals surface area contributed by atoms with E-state index >= 15 is 0 Å². The molecule has 11 heteroatoms. The molecule has 4 rings (SSSR count). The lowest BCUT2D eigenvalue weighted by atomic mass is 10.2. The van der Waals surface area contributed by atoms with Crippen LogP contribution in [0.2, 0.25) is 0 Å². The highest BCUT2D eigenvalue weighted by Crippen LogP contribution is 2.29. The molecule has 0 unspecified atom stereocenters. The Bertz CT molecular complexity index is 1410. The third-order valence-corrected chi connectivity index (χ3v) is 7.26. The molecule has 0 saturated carbocycles. The third-order valence-electron chi connectivity index (χ3n) is 5.21. The van der Waals surface area contributed by atoms with E-state index in [2.05, 4.69) is 20.6 Å². The number of thiophene rings is 1. The maximum absolute atomic E-state index is 12.7. The van der Waals surface area contributed by atoms with Crippen LogP contribution in [0.25, 0.3) is 20.4 Å². The van der Waals surface area contributed by atoms with Gasteiger partial charge in [-0.25, -0.2) is 9.97 Å². The average Bonchev–Trinajstić information content (AvgIpc) is 3.32. The summed E-state index contributed by atoms with van der Waals surface area (Å²) in [5.74, 6) is 0.256. The topological polar surface area (TPSA) is 115 Å². The van der Waals surface area contributed by atoms with E-state index in [1.807, 2.05) is 32.0 Å². The number of amides is 2. The van der Waals surface area contributed by atoms with E-state index in [0.717, 1.165) is 26.4 Å². The largest absolute Gasteiger partial charge is 0.497 e. The van der Waals surface area contributed by atoms with Crippen LogP contribution in [0.15, 0.2) is 29.3 Å². The number of nitrogens with one attached hydrogen (secondary N) is 2. The number of carbonyl (C=O) groups excluding carboxylic acids is 2. The Labute approximate surface area is 197 Å². The zero-order valence-electron chi connectivity index (χ0n) is 18.4. The van der Waals surface area contributed by atoms with E-state index in [1.54, 1.807) is 7.11 Å². The lowest BCUT2D eigenvalue weighted by molar-refractivity contribution is -0.122. The molecule has 33 heavy (non-hydrogen) atoms. The fraction of sp³-hybridized carbons (Fsp3) is 0.318. The summed E-state index contributed by atoms with van der Waals surface area (Å²) < 4.78 is 7.44. The standard InChI is InChI=1S/C22H23N5O4S2/c1-12-13(2)32-20-19(12)21(30)27(11-24-20)10-18(29)23-8-4-5-17(28)26-22-25-15-7-6-14(31-3)9-16(15)33-22/h6-7,9,11H,4-5,8,10H2,1-3H3,(H,23,29)(H,25,26,28). The number of hydrogen-bond acceptors (Lipinski definition) is 8. The molecule has 2 N–H and O–H groups in total. The number of aryl methyl sites for hydroxylation is 2. The molecule has 9 nitrogen and oxygen atoms in total. The highest BCUT2D eigenvalue weighted by Gasteiger charge is 2.14. The summed E-state index contributed by atoms with van der Waals surface area (Å²) in [5.41, 5.74) is 1.48. The molecule has 1 aromatic carbocycles. The number of hydrogen-bond donors (Lipinski definition) is 2. The number of aromatic nitrogens is 3. The molecular formula is C22H23N5O4S2. The second-order valence-electron chi connectivity index (χ2n) is 7.50. The molecule has 0 bridgehead atoms. The van der Waals surface area contributed by atoms with Crippen LogP contribution in [0.3, 0.4) is 0 Å². The molecule has 0 fully saturated rings. The molecule has 2 amide bonds. The number of methoxy groups -OCH3 is 1. The van der Waals surface area contributed by atoms with Crippen molar-refractivity contribution in [2.75, 3.05) is 19.0 Å². The summed E-state index contributed by atoms with van der Waals surface area (Å²) in [5, 5.41) is 6.63. The monoisotopic (exact) mass is 485 g/mol. The molecule has 0 aliphatic carbocycles. The van der Waals surface area contributed by atoms with Gasteiger partial charge in [-0.05, 0) is 44.0 Å². The SMILES string of the molecule is COc1ccc2nc(NC(=O)CCCNC(=O)Cn3cnc4sc(C)c(C)c4c3=O)sc2c1. The van der Waals surface area contributed by atoms with Gasteiger partial charge < -0.3 is 15.4 Å². The Morgan fingerprint density at radius 2 is 2.00 bits per heavy atom. The van der Waals surface area contributed by atoms with Gasteiger partial charge in [0, 0.05) is 17.8 Å². The van der Waals surface area contributed by atoms with E-state index in [9.17, 15) is 14.4 Å². The summed E-state index contributed by atoms with van der Waals surface area (Å²) in [6.45, 7) is 4.04. The van der Waals surface area contributed by atoms with Gasteiger partial charge in [0.1, 0.15) is 17.1 Å². The molecule has 3 heterocycles. The Hall–Kier alpha value is -3.31. The first-order chi connectivity index (χ1) is 15.9. The Morgan fingerprint density at radius 1 is 1.18 bits per heavy atom. The van der Waals surface area contributed by atoms with Crippen molar-refractivity contribution in [3.05, 3.63) is 45.3 Å². The summed E-state index contributed by atoms with van der Waals surface area (Å²) >= 11 is 2.85. The fourth-order valence-corrected chi connectivity index (χ4v) is 5.24. The van der Waals surface area contributed by atoms with Crippen LogP contribution >= 0.6 is 22.7 Å². The number of carbonyl (C=O) groups is 2. The average molecular weight is 486 g/mol. The lowest BCUT2D eigenvalue weighted by Gasteiger charge is -2.07. The van der Waals surface area contributed by atoms with Gasteiger partial charge in [0.15, 0.2) is 5.13 Å². The molecule has 0 radical (unpaired) electrons. The number of benzene rings is 1. The van der Waals surface area contributed by atoms with Crippen LogP contribution in [0.4, 0.5) is 5.13 Å². The van der Waals surface area contributed by atoms with E-state index < -0.39 is 0 Å². The van der Waals surface area contributed by atoms with Gasteiger partial charge in [0.05, 0.1) is 29.0 Å². The number of ether oxygens (including phenoxy) is 1. The lowest BCUT2D eigenvalue weighted by Crippen LogP contribution is -2.33. The minimum atomic E-state index is -0.302. The summed E-state index contributed by atoms with van der Waals surface area (Å²) in [7, 11) is 1.60. The minimum Gasteiger partial charge on any atom is -0.497 e. The van der Waals surface area contributed by atoms with Crippen LogP contribution in [-0.4, -0.2) is 40.0 Å². The van der Waals surface area contributed by atoms with E-state index in [4.69, 9.17) is 4.74 Å². The number of thiazole rings is 1. The molecule has 4 aromatic rings. The van der Waals surface area contributed by atoms with Crippen molar-refractivity contribution in [1.29, 1.82) is 0 Å². The van der Waals surface area contributed by atoms with Gasteiger partial charge in [0.25, 0.3) is 5.56 Å². The minimum absolute atomic E-state index is 0.114. The number of anilines is 1. The Kier molecular flexibility index (Phi) is 6.70. The fourth-order valence-electron chi connectivity index (χ4n) is 3.34. The zero-order valence-corrected chi connectivity index (χ0v) is 20.1. The van der Waals surface area contributed by atoms with Crippen LogP contribution < -0.4 is 20.9 Å². The van der Waals surface area contributed by atoms with E-state index in [0.29, 0.717) is 28.3 Å². The smallest absolute Gasteiger partial charge is 0.262 e. The molecule has 172 valence electrons. The van der Waals surface area contributed by atoms with Crippen molar-refractivity contribution in [3.63, 3.8) is 0 Å². The van der Waals surface area contributed by atoms with Crippen LogP contribution in [-0.2, 0) is 16.1 Å². The van der Waals surface area contributed by atoms with Crippen LogP contribution in [0, 0.1) is 13.8 Å². The van der Waals surface area contributed by atoms with Crippen molar-refractivity contribution in [3.8, 4) is 5.75 Å². The maximum atomic E-state index is 12.7. The Morgan fingerprint density at radius 3 is 2.79 bits per heavy atom. The highest BCUT2D eigenvalue weighted by molar-refractivity contribution is 7.22. The molecule has 0 atom stereocenters. The molecule has 0 aliphatic heterocycles. The maximum Gasteiger partial charge on any atom is 0.262 e. The quantitative estimate of drug-likeness (QED) is 0.370. The van der Waals surface area contributed by atoms with Gasteiger partial charge in [0.2, 0.25) is 11.8 Å². The molecule has 0 aliphatic rings. The second-order valence-corrected chi connectivity index (χ2v) is 9.73. The first-order valence-corrected chi connectivity index (χ1v) is 11.9. The number of nitrogens with zero attached hydrogens (tertiary/aromatic N) is 3. The summed E-state index contributed by atoms with van der Waals surface area (Å²) in [4.78, 5) is 47.6. The van der Waals surface area contributed by atoms with E-state index in [1.165, 1.54) is 33.6 Å². The predicted molar refractivity (Wildman–Crippen MR) is 130 cm³/mol. The second kappa shape index (κ2) is 9.67. The summed E-state index contributed by atoms with van der Waals surface area (Å²) in [6, 6.07) is 5.54. The van der Waals surface area contributed by atoms with Gasteiger partial charge in [-0.15, -0.1) is 11.3 Å². The zero-order chi connectivity index (χ0) is 23.5. The number of fused-ring (bicyclic) bond motifs is 2. The van der Waals surface area contributed by atoms with Crippen molar-refractivity contribution < 1.29 is 14.3 Å². The highest BCUT2D eigenvalue weighted by atomic mass is 32.1. The normalized spacial score (nSPS) is 11.1. The van der Waals surface area contributed by atoms with Crippen LogP contribution in [0.1, 0.15) is 23.3 Å². The van der Waals surface area contributed by atoms with Crippen molar-refractivity contribution in [2.45, 2.75) is 33.2 Å². The predicted octanol–water partition coefficient (Wildman–Crippen LogP) is 3.23. The van der Waals surface area contributed by atoms with Crippen molar-refractivity contribution in [1.82, 2.24) is 19.9 Å². The number of rotatable bonds is 8. The Balaban J connectivity index is 1.25. The van der Waals surface area contributed by atoms with Crippen molar-refractivity contribution >= 4 is 60.1 Å². The van der Waals surface area contributed by atoms with Gasteiger partial charge >= 0.3 is 0 Å². The first-order valence-electron chi connectivity index (χ1n) is 10.3. The third kappa shape index (κ3) is 5.04. The van der Waals surface area contributed by atoms with Gasteiger partial charge in [-0.1, -0.05) is 11.3 Å². The molecule has 3 aromatic heterocycles. The van der Waals surface area contributed by atoms with Crippen molar-refractivity contribution in [2.24, 2.45) is 0 Å².